The van der Waals surface area contributed by atoms with Crippen LogP contribution in [0.1, 0.15) is 68.1 Å². The first-order valence-corrected chi connectivity index (χ1v) is 16.4. The third-order valence-corrected chi connectivity index (χ3v) is 9.23. The Bertz CT molecular complexity index is 1410. The first kappa shape index (κ1) is 35.5. The van der Waals surface area contributed by atoms with Gasteiger partial charge in [-0.15, -0.1) is 12.3 Å². The summed E-state index contributed by atoms with van der Waals surface area (Å²) in [4.78, 5) is 26.7. The van der Waals surface area contributed by atoms with E-state index in [0.29, 0.717) is 38.8 Å². The summed E-state index contributed by atoms with van der Waals surface area (Å²) in [5.41, 5.74) is 6.72. The fourth-order valence-corrected chi connectivity index (χ4v) is 6.39. The van der Waals surface area contributed by atoms with E-state index in [1.165, 1.54) is 0 Å². The van der Waals surface area contributed by atoms with Crippen LogP contribution >= 0.6 is 0 Å². The summed E-state index contributed by atoms with van der Waals surface area (Å²) in [7, 11) is 3.27. The van der Waals surface area contributed by atoms with E-state index >= 15 is 0 Å². The molecule has 2 amide bonds. The van der Waals surface area contributed by atoms with Gasteiger partial charge in [0.1, 0.15) is 17.1 Å². The van der Waals surface area contributed by atoms with Crippen molar-refractivity contribution in [1.29, 1.82) is 0 Å². The van der Waals surface area contributed by atoms with Crippen molar-refractivity contribution in [2.45, 2.75) is 57.0 Å². The SMILES string of the molecule is C#CCCCC(CCCCCC(=O)N1CC(CO)(COC(c2ccccc2)(c2ccc(OC)cc2)c2ccc(OC)cc2)C1)C(N)=O. The fraction of sp³-hybridized carbons (Fsp3) is 0.436. The minimum atomic E-state index is -1.00. The largest absolute Gasteiger partial charge is 0.497 e. The Morgan fingerprint density at radius 2 is 1.43 bits per heavy atom. The zero-order chi connectivity index (χ0) is 33.7. The van der Waals surface area contributed by atoms with E-state index in [-0.39, 0.29) is 30.9 Å². The normalized spacial score (nSPS) is 14.5. The minimum absolute atomic E-state index is 0.0641. The molecule has 0 spiro atoms. The molecule has 47 heavy (non-hydrogen) atoms. The quantitative estimate of drug-likeness (QED) is 0.0990. The van der Waals surface area contributed by atoms with Gasteiger partial charge in [0.05, 0.1) is 32.8 Å². The summed E-state index contributed by atoms with van der Waals surface area (Å²) >= 11 is 0. The number of carbonyl (C=O) groups excluding carboxylic acids is 2. The van der Waals surface area contributed by atoms with Crippen molar-refractivity contribution < 1.29 is 28.9 Å². The summed E-state index contributed by atoms with van der Waals surface area (Å²) in [5.74, 6) is 3.69. The monoisotopic (exact) mass is 640 g/mol. The Kier molecular flexibility index (Phi) is 12.9. The van der Waals surface area contributed by atoms with Crippen molar-refractivity contribution in [3.63, 3.8) is 0 Å². The van der Waals surface area contributed by atoms with Crippen LogP contribution in [0.5, 0.6) is 11.5 Å². The zero-order valence-corrected chi connectivity index (χ0v) is 27.7. The summed E-state index contributed by atoms with van der Waals surface area (Å²) in [5, 5.41) is 10.6. The van der Waals surface area contributed by atoms with Gasteiger partial charge in [0.2, 0.25) is 11.8 Å². The number of nitrogens with zero attached hydrogens (tertiary/aromatic N) is 1. The number of ether oxygens (including phenoxy) is 3. The molecule has 1 aliphatic rings. The number of terminal acetylenes is 1. The van der Waals surface area contributed by atoms with Gasteiger partial charge in [-0.1, -0.05) is 67.4 Å². The summed E-state index contributed by atoms with van der Waals surface area (Å²) in [6.45, 7) is 0.949. The lowest BCUT2D eigenvalue weighted by Gasteiger charge is -2.50. The Balaban J connectivity index is 1.44. The number of rotatable bonds is 19. The van der Waals surface area contributed by atoms with Gasteiger partial charge in [0, 0.05) is 31.8 Å². The molecule has 3 aromatic rings. The minimum Gasteiger partial charge on any atom is -0.497 e. The first-order valence-electron chi connectivity index (χ1n) is 16.4. The van der Waals surface area contributed by atoms with Crippen molar-refractivity contribution in [2.24, 2.45) is 17.1 Å². The Morgan fingerprint density at radius 3 is 1.94 bits per heavy atom. The standard InChI is InChI=1S/C39H48N2O6/c1-4-5-8-13-30(37(40)44)14-9-6-12-17-36(43)41-26-38(27-41,28-42)29-47-39(31-15-10-7-11-16-31,32-18-22-34(45-2)23-19-32)33-20-24-35(46-3)25-21-33/h1,7,10-11,15-16,18-25,30,42H,5-6,8-9,12-14,17,26-29H2,2-3H3,(H2,40,44). The number of aliphatic hydroxyl groups is 1. The van der Waals surface area contributed by atoms with Crippen molar-refractivity contribution >= 4 is 11.8 Å². The van der Waals surface area contributed by atoms with Crippen molar-refractivity contribution in [3.05, 3.63) is 95.6 Å². The third kappa shape index (κ3) is 8.73. The molecule has 1 heterocycles. The molecule has 1 atom stereocenters. The number of amides is 2. The van der Waals surface area contributed by atoms with E-state index < -0.39 is 11.0 Å². The van der Waals surface area contributed by atoms with Gasteiger partial charge in [0.15, 0.2) is 0 Å². The van der Waals surface area contributed by atoms with Gasteiger partial charge in [-0.3, -0.25) is 9.59 Å². The van der Waals surface area contributed by atoms with Crippen LogP contribution in [-0.4, -0.2) is 62.3 Å². The van der Waals surface area contributed by atoms with Crippen molar-refractivity contribution in [2.75, 3.05) is 40.5 Å². The van der Waals surface area contributed by atoms with Gasteiger partial charge in [0.25, 0.3) is 0 Å². The number of methoxy groups -OCH3 is 2. The predicted octanol–water partition coefficient (Wildman–Crippen LogP) is 5.69. The molecule has 4 rings (SSSR count). The number of likely N-dealkylation sites (tertiary alicyclic amines) is 1. The highest BCUT2D eigenvalue weighted by Crippen LogP contribution is 2.44. The average Bonchev–Trinajstić information content (AvgIpc) is 3.09. The summed E-state index contributed by atoms with van der Waals surface area (Å²) < 4.78 is 17.9. The molecule has 1 aliphatic heterocycles. The van der Waals surface area contributed by atoms with E-state index in [1.807, 2.05) is 78.9 Å². The molecule has 0 aliphatic carbocycles. The highest BCUT2D eigenvalue weighted by atomic mass is 16.5. The Labute approximate surface area is 279 Å². The lowest BCUT2D eigenvalue weighted by Crippen LogP contribution is -2.63. The van der Waals surface area contributed by atoms with Crippen LogP contribution < -0.4 is 15.2 Å². The van der Waals surface area contributed by atoms with Crippen LogP contribution in [0, 0.1) is 23.7 Å². The van der Waals surface area contributed by atoms with Gasteiger partial charge < -0.3 is 30.0 Å². The second-order valence-electron chi connectivity index (χ2n) is 12.5. The first-order chi connectivity index (χ1) is 22.8. The highest BCUT2D eigenvalue weighted by Gasteiger charge is 2.48. The highest BCUT2D eigenvalue weighted by molar-refractivity contribution is 5.77. The molecule has 250 valence electrons. The fourth-order valence-electron chi connectivity index (χ4n) is 6.39. The summed E-state index contributed by atoms with van der Waals surface area (Å²) in [6.07, 6.45) is 11.0. The van der Waals surface area contributed by atoms with Crippen LogP contribution in [0.4, 0.5) is 0 Å². The number of carbonyl (C=O) groups is 2. The molecule has 0 bridgehead atoms. The van der Waals surface area contributed by atoms with Crippen LogP contribution in [0.25, 0.3) is 0 Å². The third-order valence-electron chi connectivity index (χ3n) is 9.23. The number of primary amides is 1. The number of hydrogen-bond donors (Lipinski definition) is 2. The van der Waals surface area contributed by atoms with Crippen LogP contribution in [0.2, 0.25) is 0 Å². The Morgan fingerprint density at radius 1 is 0.872 bits per heavy atom. The van der Waals surface area contributed by atoms with E-state index in [2.05, 4.69) is 5.92 Å². The summed E-state index contributed by atoms with van der Waals surface area (Å²) in [6, 6.07) is 25.7. The van der Waals surface area contributed by atoms with Gasteiger partial charge in [-0.05, 0) is 66.6 Å². The molecule has 1 unspecified atom stereocenters. The number of unbranched alkanes of at least 4 members (excludes halogenated alkanes) is 3. The molecule has 0 saturated carbocycles. The maximum atomic E-state index is 13.1. The van der Waals surface area contributed by atoms with Gasteiger partial charge in [-0.25, -0.2) is 0 Å². The van der Waals surface area contributed by atoms with Crippen molar-refractivity contribution in [1.82, 2.24) is 4.90 Å². The van der Waals surface area contributed by atoms with E-state index in [1.54, 1.807) is 19.1 Å². The topological polar surface area (TPSA) is 111 Å². The van der Waals surface area contributed by atoms with Gasteiger partial charge >= 0.3 is 0 Å². The molecular formula is C39H48N2O6. The van der Waals surface area contributed by atoms with E-state index in [0.717, 1.165) is 53.9 Å². The van der Waals surface area contributed by atoms with Gasteiger partial charge in [-0.2, -0.15) is 0 Å². The number of hydrogen-bond acceptors (Lipinski definition) is 6. The smallest absolute Gasteiger partial charge is 0.222 e. The van der Waals surface area contributed by atoms with E-state index in [9.17, 15) is 14.7 Å². The number of benzene rings is 3. The molecule has 1 saturated heterocycles. The molecule has 3 aromatic carbocycles. The zero-order valence-electron chi connectivity index (χ0n) is 27.7. The maximum absolute atomic E-state index is 13.1. The molecule has 8 nitrogen and oxygen atoms in total. The lowest BCUT2D eigenvalue weighted by atomic mass is 9.78. The van der Waals surface area contributed by atoms with E-state index in [4.69, 9.17) is 26.4 Å². The predicted molar refractivity (Wildman–Crippen MR) is 183 cm³/mol. The molecule has 3 N–H and O–H groups in total. The van der Waals surface area contributed by atoms with Crippen LogP contribution in [-0.2, 0) is 19.9 Å². The maximum Gasteiger partial charge on any atom is 0.222 e. The molecule has 1 fully saturated rings. The van der Waals surface area contributed by atoms with Crippen LogP contribution in [0.3, 0.4) is 0 Å². The second kappa shape index (κ2) is 17.0. The lowest BCUT2D eigenvalue weighted by molar-refractivity contribution is -0.158. The van der Waals surface area contributed by atoms with Crippen molar-refractivity contribution in [3.8, 4) is 23.8 Å². The Hall–Kier alpha value is -4.32. The second-order valence-corrected chi connectivity index (χ2v) is 12.5. The van der Waals surface area contributed by atoms with Crippen LogP contribution in [0.15, 0.2) is 78.9 Å². The molecular weight excluding hydrogens is 592 g/mol. The molecule has 0 aromatic heterocycles. The average molecular weight is 641 g/mol. The number of nitrogens with two attached hydrogens (primary N) is 1. The molecule has 8 heteroatoms. The molecule has 0 radical (unpaired) electrons. The number of aliphatic hydroxyl groups excluding tert-OH is 1.